The summed E-state index contributed by atoms with van der Waals surface area (Å²) in [7, 11) is 0. The zero-order valence-corrected chi connectivity index (χ0v) is 10.4. The summed E-state index contributed by atoms with van der Waals surface area (Å²) in [6, 6.07) is 6.46. The number of hydrogen-bond donors (Lipinski definition) is 0. The largest absolute Gasteiger partial charge is 0.258 e. The predicted octanol–water partition coefficient (Wildman–Crippen LogP) is 2.60. The molecule has 1 saturated carbocycles. The zero-order valence-electron chi connectivity index (χ0n) is 7.98. The normalized spacial score (nSPS) is 37.1. The minimum absolute atomic E-state index is 0.258. The summed E-state index contributed by atoms with van der Waals surface area (Å²) >= 11 is 5.33. The fourth-order valence-electron chi connectivity index (χ4n) is 2.58. The van der Waals surface area contributed by atoms with Gasteiger partial charge in [-0.05, 0) is 51.4 Å². The molecule has 0 amide bonds. The van der Waals surface area contributed by atoms with Crippen molar-refractivity contribution >= 4 is 27.7 Å². The van der Waals surface area contributed by atoms with E-state index in [1.165, 1.54) is 0 Å². The highest BCUT2D eigenvalue weighted by molar-refractivity contribution is 9.10. The molecule has 3 rings (SSSR count). The number of nitrogens with zero attached hydrogens (tertiary/aromatic N) is 2. The molecule has 0 radical (unpaired) electrons. The predicted molar refractivity (Wildman–Crippen MR) is 63.5 cm³/mol. The highest BCUT2D eigenvalue weighted by Crippen LogP contribution is 2.65. The average Bonchev–Trinajstić information content (AvgIpc) is 2.65. The third-order valence-electron chi connectivity index (χ3n) is 3.48. The Morgan fingerprint density at radius 2 is 2.20 bits per heavy atom. The highest BCUT2D eigenvalue weighted by atomic mass is 79.9. The number of halogens is 1. The first-order valence-corrected chi connectivity index (χ1v) is 6.85. The number of aromatic nitrogens is 1. The number of pyridine rings is 1. The van der Waals surface area contributed by atoms with Gasteiger partial charge in [0.1, 0.15) is 5.41 Å². The van der Waals surface area contributed by atoms with Gasteiger partial charge in [-0.25, -0.2) is 0 Å². The van der Waals surface area contributed by atoms with E-state index in [-0.39, 0.29) is 5.41 Å². The van der Waals surface area contributed by atoms with E-state index in [4.69, 9.17) is 0 Å². The molecular weight excluding hydrogens is 272 g/mol. The van der Waals surface area contributed by atoms with Crippen LogP contribution in [0.2, 0.25) is 0 Å². The molecule has 0 bridgehead atoms. The van der Waals surface area contributed by atoms with Gasteiger partial charge in [-0.2, -0.15) is 17.0 Å². The van der Waals surface area contributed by atoms with Crippen LogP contribution in [-0.2, 0) is 5.41 Å². The van der Waals surface area contributed by atoms with E-state index in [9.17, 15) is 5.26 Å². The summed E-state index contributed by atoms with van der Waals surface area (Å²) < 4.78 is 0.972. The van der Waals surface area contributed by atoms with Gasteiger partial charge in [0.2, 0.25) is 0 Å². The molecule has 0 spiro atoms. The van der Waals surface area contributed by atoms with Gasteiger partial charge in [0.05, 0.1) is 11.8 Å². The quantitative estimate of drug-likeness (QED) is 0.794. The molecule has 4 heteroatoms. The van der Waals surface area contributed by atoms with Crippen molar-refractivity contribution in [3.05, 3.63) is 28.5 Å². The van der Waals surface area contributed by atoms with Crippen molar-refractivity contribution in [2.75, 3.05) is 11.5 Å². The van der Waals surface area contributed by atoms with Crippen LogP contribution in [0.25, 0.3) is 0 Å². The molecule has 15 heavy (non-hydrogen) atoms. The smallest absolute Gasteiger partial charge is 0.107 e. The molecule has 2 fully saturated rings. The molecule has 2 aliphatic rings. The van der Waals surface area contributed by atoms with Crippen molar-refractivity contribution in [2.45, 2.75) is 5.41 Å². The second kappa shape index (κ2) is 3.23. The molecule has 2 nitrogen and oxygen atoms in total. The van der Waals surface area contributed by atoms with Crippen molar-refractivity contribution in [3.63, 3.8) is 0 Å². The van der Waals surface area contributed by atoms with E-state index in [0.717, 1.165) is 21.7 Å². The topological polar surface area (TPSA) is 36.7 Å². The summed E-state index contributed by atoms with van der Waals surface area (Å²) in [6.07, 6.45) is 1.79. The van der Waals surface area contributed by atoms with Crippen molar-refractivity contribution in [1.82, 2.24) is 4.98 Å². The van der Waals surface area contributed by atoms with Crippen molar-refractivity contribution in [2.24, 2.45) is 11.8 Å². The zero-order chi connectivity index (χ0) is 10.5. The summed E-state index contributed by atoms with van der Waals surface area (Å²) in [4.78, 5) is 4.39. The fourth-order valence-corrected chi connectivity index (χ4v) is 4.45. The van der Waals surface area contributed by atoms with Crippen molar-refractivity contribution in [3.8, 4) is 6.07 Å². The van der Waals surface area contributed by atoms with Crippen molar-refractivity contribution in [1.29, 1.82) is 5.26 Å². The van der Waals surface area contributed by atoms with Crippen LogP contribution in [0.3, 0.4) is 0 Å². The maximum absolute atomic E-state index is 9.37. The van der Waals surface area contributed by atoms with Gasteiger partial charge >= 0.3 is 0 Å². The molecule has 1 aliphatic heterocycles. The summed E-state index contributed by atoms with van der Waals surface area (Å²) in [5.41, 5.74) is 0.704. The monoisotopic (exact) mass is 280 g/mol. The van der Waals surface area contributed by atoms with Crippen LogP contribution >= 0.6 is 27.7 Å². The van der Waals surface area contributed by atoms with Gasteiger partial charge in [-0.1, -0.05) is 0 Å². The van der Waals surface area contributed by atoms with Crippen LogP contribution in [0, 0.1) is 23.2 Å². The van der Waals surface area contributed by atoms with Gasteiger partial charge in [-0.3, -0.25) is 4.98 Å². The van der Waals surface area contributed by atoms with Gasteiger partial charge in [0, 0.05) is 10.7 Å². The van der Waals surface area contributed by atoms with Crippen LogP contribution in [0.1, 0.15) is 5.69 Å². The Hall–Kier alpha value is -0.530. The molecule has 1 aromatic rings. The Labute approximate surface area is 101 Å². The molecule has 76 valence electrons. The van der Waals surface area contributed by atoms with E-state index in [0.29, 0.717) is 11.8 Å². The van der Waals surface area contributed by atoms with E-state index in [2.05, 4.69) is 27.0 Å². The fraction of sp³-hybridized carbons (Fsp3) is 0.455. The Bertz CT molecular complexity index is 427. The lowest BCUT2D eigenvalue weighted by atomic mass is 9.99. The SMILES string of the molecule is N#CC1(c2ccc(Br)cn2)[C@@H]2CSC[C@@H]21. The van der Waals surface area contributed by atoms with Crippen LogP contribution in [0.4, 0.5) is 0 Å². The molecule has 1 aromatic heterocycles. The van der Waals surface area contributed by atoms with Gasteiger partial charge < -0.3 is 0 Å². The lowest BCUT2D eigenvalue weighted by Crippen LogP contribution is -2.14. The van der Waals surface area contributed by atoms with Crippen LogP contribution in [0.15, 0.2) is 22.8 Å². The summed E-state index contributed by atoms with van der Waals surface area (Å²) in [5, 5.41) is 9.37. The van der Waals surface area contributed by atoms with E-state index in [1.807, 2.05) is 23.9 Å². The van der Waals surface area contributed by atoms with Gasteiger partial charge in [0.15, 0.2) is 0 Å². The second-order valence-electron chi connectivity index (χ2n) is 4.09. The van der Waals surface area contributed by atoms with E-state index in [1.54, 1.807) is 6.20 Å². The van der Waals surface area contributed by atoms with Crippen molar-refractivity contribution < 1.29 is 0 Å². The number of nitriles is 1. The first-order chi connectivity index (χ1) is 7.29. The molecule has 0 N–H and O–H groups in total. The first-order valence-electron chi connectivity index (χ1n) is 4.90. The van der Waals surface area contributed by atoms with Crippen LogP contribution in [-0.4, -0.2) is 16.5 Å². The molecule has 1 saturated heterocycles. The van der Waals surface area contributed by atoms with Crippen LogP contribution in [0.5, 0.6) is 0 Å². The Morgan fingerprint density at radius 3 is 2.73 bits per heavy atom. The maximum Gasteiger partial charge on any atom is 0.107 e. The van der Waals surface area contributed by atoms with Gasteiger partial charge in [0.25, 0.3) is 0 Å². The Morgan fingerprint density at radius 1 is 1.47 bits per heavy atom. The second-order valence-corrected chi connectivity index (χ2v) is 6.08. The lowest BCUT2D eigenvalue weighted by Gasteiger charge is -2.11. The van der Waals surface area contributed by atoms with Gasteiger partial charge in [-0.15, -0.1) is 0 Å². The van der Waals surface area contributed by atoms with Crippen LogP contribution < -0.4 is 0 Å². The molecule has 0 aromatic carbocycles. The standard InChI is InChI=1S/C11H9BrN2S/c12-7-1-2-10(14-3-7)11(6-13)8-4-15-5-9(8)11/h1-3,8-9H,4-5H2/t8-,9+,11?. The summed E-state index contributed by atoms with van der Waals surface area (Å²) in [5.74, 6) is 3.33. The lowest BCUT2D eigenvalue weighted by molar-refractivity contribution is 0.743. The number of hydrogen-bond acceptors (Lipinski definition) is 3. The number of fused-ring (bicyclic) bond motifs is 1. The molecule has 3 atom stereocenters. The average molecular weight is 281 g/mol. The number of thioether (sulfide) groups is 1. The number of rotatable bonds is 1. The molecular formula is C11H9BrN2S. The molecule has 1 unspecified atom stereocenters. The molecule has 2 heterocycles. The Kier molecular flexibility index (Phi) is 2.08. The summed E-state index contributed by atoms with van der Waals surface area (Å²) in [6.45, 7) is 0. The third kappa shape index (κ3) is 1.20. The highest BCUT2D eigenvalue weighted by Gasteiger charge is 2.69. The Balaban J connectivity index is 2.00. The minimum Gasteiger partial charge on any atom is -0.258 e. The maximum atomic E-state index is 9.37. The minimum atomic E-state index is -0.258. The third-order valence-corrected chi connectivity index (χ3v) is 5.14. The first kappa shape index (κ1) is 9.68. The van der Waals surface area contributed by atoms with E-state index >= 15 is 0 Å². The van der Waals surface area contributed by atoms with E-state index < -0.39 is 0 Å². The molecule has 1 aliphatic carbocycles.